The number of hydrogen-bond donors (Lipinski definition) is 0. The Morgan fingerprint density at radius 1 is 0.338 bits per heavy atom. The highest BCUT2D eigenvalue weighted by Crippen LogP contribution is 2.50. The van der Waals surface area contributed by atoms with Crippen molar-refractivity contribution >= 4 is 86.8 Å². The Balaban J connectivity index is 1.10. The average Bonchev–Trinajstić information content (AvgIpc) is 3.90. The molecule has 0 bridgehead atoms. The highest BCUT2D eigenvalue weighted by molar-refractivity contribution is 6.28. The van der Waals surface area contributed by atoms with Crippen molar-refractivity contribution in [3.63, 3.8) is 0 Å². The van der Waals surface area contributed by atoms with Crippen LogP contribution in [0.1, 0.15) is 52.7 Å². The Kier molecular flexibility index (Phi) is 8.77. The Hall–Kier alpha value is -7.94. The van der Waals surface area contributed by atoms with Gasteiger partial charge in [0.05, 0.1) is 16.7 Å². The number of para-hydroxylation sites is 1. The Morgan fingerprint density at radius 2 is 0.750 bits per heavy atom. The maximum absolute atomic E-state index is 7.18. The van der Waals surface area contributed by atoms with Crippen LogP contribution in [0.3, 0.4) is 0 Å². The van der Waals surface area contributed by atoms with Gasteiger partial charge in [-0.2, -0.15) is 0 Å². The molecule has 0 aliphatic rings. The minimum Gasteiger partial charge on any atom is -0.455 e. The van der Waals surface area contributed by atoms with Crippen molar-refractivity contribution in [2.45, 2.75) is 52.4 Å². The maximum Gasteiger partial charge on any atom is 0.143 e. The first-order valence-corrected chi connectivity index (χ1v) is 24.0. The van der Waals surface area contributed by atoms with Crippen LogP contribution >= 0.6 is 0 Å². The normalized spacial score (nSPS) is 12.6. The number of fused-ring (bicyclic) bond motifs is 10. The Labute approximate surface area is 396 Å². The summed E-state index contributed by atoms with van der Waals surface area (Å²) in [5.74, 6) is 0. The van der Waals surface area contributed by atoms with Crippen molar-refractivity contribution in [1.29, 1.82) is 0 Å². The highest BCUT2D eigenvalue weighted by atomic mass is 16.3. The van der Waals surface area contributed by atoms with E-state index in [4.69, 9.17) is 4.42 Å². The second-order valence-corrected chi connectivity index (χ2v) is 20.8. The summed E-state index contributed by atoms with van der Waals surface area (Å²) in [5, 5.41) is 14.5. The van der Waals surface area contributed by atoms with E-state index in [1.165, 1.54) is 110 Å². The van der Waals surface area contributed by atoms with Crippen LogP contribution in [0.5, 0.6) is 0 Å². The van der Waals surface area contributed by atoms with E-state index < -0.39 is 0 Å². The van der Waals surface area contributed by atoms with E-state index in [-0.39, 0.29) is 10.8 Å². The predicted octanol–water partition coefficient (Wildman–Crippen LogP) is 18.9. The van der Waals surface area contributed by atoms with Crippen LogP contribution in [0, 0.1) is 0 Å². The van der Waals surface area contributed by atoms with Crippen LogP contribution in [0.15, 0.2) is 205 Å². The van der Waals surface area contributed by atoms with Crippen LogP contribution in [-0.2, 0) is 10.8 Å². The fourth-order valence-corrected chi connectivity index (χ4v) is 11.4. The molecule has 0 spiro atoms. The van der Waals surface area contributed by atoms with Gasteiger partial charge in [0.25, 0.3) is 0 Å². The monoisotopic (exact) mass is 873 g/mol. The SMILES string of the molecule is CC(C)(C)c1ccc2c(c1)c1cc(C(C)(C)C)ccc1n2-c1c2ccccc2c(-c2cccc3oc4c(-c5c6ccccc6c(-c6ccccc6)c6ccccc56)cccc4c23)c2ccccc12. The van der Waals surface area contributed by atoms with E-state index in [1.807, 2.05) is 0 Å². The summed E-state index contributed by atoms with van der Waals surface area (Å²) >= 11 is 0. The van der Waals surface area contributed by atoms with Crippen molar-refractivity contribution < 1.29 is 4.42 Å². The van der Waals surface area contributed by atoms with Gasteiger partial charge >= 0.3 is 0 Å². The molecule has 0 aliphatic carbocycles. The lowest BCUT2D eigenvalue weighted by atomic mass is 9.85. The Bertz CT molecular complexity index is 4020. The lowest BCUT2D eigenvalue weighted by Gasteiger charge is -2.21. The molecule has 0 radical (unpaired) electrons. The van der Waals surface area contributed by atoms with Crippen molar-refractivity contribution in [3.8, 4) is 39.1 Å². The van der Waals surface area contributed by atoms with Gasteiger partial charge in [0.2, 0.25) is 0 Å². The molecule has 68 heavy (non-hydrogen) atoms. The molecular formula is C66H51NO. The zero-order chi connectivity index (χ0) is 46.1. The van der Waals surface area contributed by atoms with Gasteiger partial charge in [0, 0.05) is 43.4 Å². The van der Waals surface area contributed by atoms with Crippen LogP contribution < -0.4 is 0 Å². The molecule has 13 rings (SSSR count). The van der Waals surface area contributed by atoms with Gasteiger partial charge in [0.15, 0.2) is 0 Å². The molecule has 0 fully saturated rings. The molecule has 11 aromatic carbocycles. The lowest BCUT2D eigenvalue weighted by Crippen LogP contribution is -2.10. The third-order valence-electron chi connectivity index (χ3n) is 14.7. The fourth-order valence-electron chi connectivity index (χ4n) is 11.4. The molecule has 2 nitrogen and oxygen atoms in total. The molecule has 2 heterocycles. The van der Waals surface area contributed by atoms with E-state index in [9.17, 15) is 0 Å². The summed E-state index contributed by atoms with van der Waals surface area (Å²) in [6, 6.07) is 74.3. The van der Waals surface area contributed by atoms with Gasteiger partial charge < -0.3 is 8.98 Å². The van der Waals surface area contributed by atoms with E-state index >= 15 is 0 Å². The topological polar surface area (TPSA) is 18.1 Å². The van der Waals surface area contributed by atoms with Gasteiger partial charge in [-0.3, -0.25) is 0 Å². The molecule has 0 saturated heterocycles. The molecule has 0 unspecified atom stereocenters. The summed E-state index contributed by atoms with van der Waals surface area (Å²) in [7, 11) is 0. The first-order valence-electron chi connectivity index (χ1n) is 24.0. The second kappa shape index (κ2) is 14.8. The van der Waals surface area contributed by atoms with Gasteiger partial charge in [-0.1, -0.05) is 211 Å². The van der Waals surface area contributed by atoms with Crippen LogP contribution in [0.4, 0.5) is 0 Å². The number of hydrogen-bond acceptors (Lipinski definition) is 1. The third-order valence-corrected chi connectivity index (χ3v) is 14.7. The number of aromatic nitrogens is 1. The van der Waals surface area contributed by atoms with Crippen molar-refractivity contribution in [3.05, 3.63) is 211 Å². The lowest BCUT2D eigenvalue weighted by molar-refractivity contribution is 0.590. The number of furan rings is 1. The zero-order valence-electron chi connectivity index (χ0n) is 39.4. The molecule has 326 valence electrons. The predicted molar refractivity (Wildman–Crippen MR) is 292 cm³/mol. The smallest absolute Gasteiger partial charge is 0.143 e. The summed E-state index contributed by atoms with van der Waals surface area (Å²) in [5.41, 5.74) is 15.3. The molecular weight excluding hydrogens is 823 g/mol. The molecule has 0 aliphatic heterocycles. The second-order valence-electron chi connectivity index (χ2n) is 20.8. The van der Waals surface area contributed by atoms with Gasteiger partial charge in [-0.25, -0.2) is 0 Å². The standard InChI is InChI=1S/C66H51NO/c1-65(2,3)41-34-36-56-54(38-41)55-39-42(66(4,5)6)35-37-57(55)67(56)63-49-28-16-14-26-47(49)60(48-27-15-17-29-50(48)63)51-30-19-33-58-62(51)53-32-18-31-52(64(53)68-58)61-45-24-12-10-22-43(45)59(40-20-8-7-9-21-40)44-23-11-13-25-46(44)61/h7-39H,1-6H3. The molecule has 0 N–H and O–H groups in total. The molecule has 2 heteroatoms. The third kappa shape index (κ3) is 5.96. The summed E-state index contributed by atoms with van der Waals surface area (Å²) < 4.78 is 9.73. The quantitative estimate of drug-likeness (QED) is 0.161. The number of benzene rings is 11. The molecule has 0 saturated carbocycles. The molecule has 2 aromatic heterocycles. The van der Waals surface area contributed by atoms with Gasteiger partial charge in [-0.05, 0) is 107 Å². The highest BCUT2D eigenvalue weighted by Gasteiger charge is 2.26. The minimum atomic E-state index is 0.0128. The van der Waals surface area contributed by atoms with Crippen molar-refractivity contribution in [1.82, 2.24) is 4.57 Å². The van der Waals surface area contributed by atoms with E-state index in [0.29, 0.717) is 0 Å². The summed E-state index contributed by atoms with van der Waals surface area (Å²) in [6.07, 6.45) is 0. The molecule has 13 aromatic rings. The van der Waals surface area contributed by atoms with E-state index in [2.05, 4.69) is 246 Å². The molecule has 0 amide bonds. The first kappa shape index (κ1) is 40.3. The number of rotatable bonds is 4. The maximum atomic E-state index is 7.18. The molecule has 0 atom stereocenters. The van der Waals surface area contributed by atoms with Gasteiger partial charge in [-0.15, -0.1) is 0 Å². The van der Waals surface area contributed by atoms with Crippen molar-refractivity contribution in [2.75, 3.05) is 0 Å². The summed E-state index contributed by atoms with van der Waals surface area (Å²) in [6.45, 7) is 13.9. The van der Waals surface area contributed by atoms with E-state index in [1.54, 1.807) is 0 Å². The zero-order valence-corrected chi connectivity index (χ0v) is 39.4. The van der Waals surface area contributed by atoms with Gasteiger partial charge in [0.1, 0.15) is 11.2 Å². The first-order chi connectivity index (χ1) is 33.0. The number of nitrogens with zero attached hydrogens (tertiary/aromatic N) is 1. The minimum absolute atomic E-state index is 0.0128. The summed E-state index contributed by atoms with van der Waals surface area (Å²) in [4.78, 5) is 0. The van der Waals surface area contributed by atoms with Crippen LogP contribution in [0.2, 0.25) is 0 Å². The Morgan fingerprint density at radius 3 is 1.26 bits per heavy atom. The van der Waals surface area contributed by atoms with Crippen molar-refractivity contribution in [2.24, 2.45) is 0 Å². The van der Waals surface area contributed by atoms with Crippen LogP contribution in [-0.4, -0.2) is 4.57 Å². The fraction of sp³-hybridized carbons (Fsp3) is 0.121. The van der Waals surface area contributed by atoms with Crippen LogP contribution in [0.25, 0.3) is 126 Å². The average molecular weight is 874 g/mol. The largest absolute Gasteiger partial charge is 0.455 e. The van der Waals surface area contributed by atoms with E-state index in [0.717, 1.165) is 27.5 Å².